The molecule has 1 aromatic heterocycles. The van der Waals surface area contributed by atoms with E-state index in [1.807, 2.05) is 132 Å². The molecule has 0 unspecified atom stereocenters. The summed E-state index contributed by atoms with van der Waals surface area (Å²) in [4.78, 5) is 30.4. The van der Waals surface area contributed by atoms with Crippen LogP contribution in [0.15, 0.2) is 158 Å². The van der Waals surface area contributed by atoms with Gasteiger partial charge in [0.05, 0.1) is 39.1 Å². The summed E-state index contributed by atoms with van der Waals surface area (Å²) in [6, 6.07) is 48.0. The van der Waals surface area contributed by atoms with E-state index in [0.29, 0.717) is 28.1 Å². The fraction of sp³-hybridized carbons (Fsp3) is 0.0435. The number of carbonyl (C=O) groups excluding carboxylic acids is 2. The van der Waals surface area contributed by atoms with Crippen molar-refractivity contribution in [3.05, 3.63) is 180 Å². The fourth-order valence-electron chi connectivity index (χ4n) is 7.71. The normalized spacial score (nSPS) is 12.9. The lowest BCUT2D eigenvalue weighted by molar-refractivity contribution is -0.137. The van der Waals surface area contributed by atoms with Crippen molar-refractivity contribution in [1.29, 1.82) is 0 Å². The van der Waals surface area contributed by atoms with Gasteiger partial charge >= 0.3 is 6.18 Å². The van der Waals surface area contributed by atoms with Crippen LogP contribution in [0.4, 0.5) is 18.9 Å². The number of aromatic nitrogens is 1. The van der Waals surface area contributed by atoms with Gasteiger partial charge < -0.3 is 4.57 Å². The number of fused-ring (bicyclic) bond motifs is 4. The third kappa shape index (κ3) is 5.15. The maximum absolute atomic E-state index is 14.8. The quantitative estimate of drug-likeness (QED) is 0.168. The minimum Gasteiger partial charge on any atom is -0.308 e. The second-order valence-electron chi connectivity index (χ2n) is 13.2. The molecule has 0 N–H and O–H groups in total. The van der Waals surface area contributed by atoms with Gasteiger partial charge in [0.15, 0.2) is 0 Å². The average Bonchev–Trinajstić information content (AvgIpc) is 3.65. The molecule has 0 bridgehead atoms. The van der Waals surface area contributed by atoms with E-state index < -0.39 is 23.6 Å². The Morgan fingerprint density at radius 3 is 1.89 bits per heavy atom. The van der Waals surface area contributed by atoms with E-state index in [-0.39, 0.29) is 5.56 Å². The number of alkyl halides is 3. The van der Waals surface area contributed by atoms with Crippen molar-refractivity contribution in [3.63, 3.8) is 0 Å². The smallest absolute Gasteiger partial charge is 0.308 e. The minimum absolute atomic E-state index is 0.280. The highest BCUT2D eigenvalue weighted by molar-refractivity contribution is 6.36. The summed E-state index contributed by atoms with van der Waals surface area (Å²) in [6.45, 7) is 1.68. The van der Waals surface area contributed by atoms with Crippen LogP contribution in [0.5, 0.6) is 0 Å². The first-order valence-electron chi connectivity index (χ1n) is 17.2. The van der Waals surface area contributed by atoms with E-state index in [9.17, 15) is 22.8 Å². The Labute approximate surface area is 303 Å². The summed E-state index contributed by atoms with van der Waals surface area (Å²) in [5.74, 6) is -0.857. The number of benzene rings is 7. The first kappa shape index (κ1) is 32.2. The summed E-state index contributed by atoms with van der Waals surface area (Å²) >= 11 is 0. The monoisotopic (exact) mass is 698 g/mol. The molecular weight excluding hydrogens is 670 g/mol. The van der Waals surface area contributed by atoms with Crippen LogP contribution in [-0.4, -0.2) is 16.4 Å². The van der Waals surface area contributed by atoms with E-state index in [1.165, 1.54) is 17.0 Å². The van der Waals surface area contributed by atoms with Gasteiger partial charge in [-0.25, -0.2) is 4.90 Å². The molecule has 53 heavy (non-hydrogen) atoms. The Morgan fingerprint density at radius 2 is 1.15 bits per heavy atom. The molecule has 0 radical (unpaired) electrons. The van der Waals surface area contributed by atoms with Crippen LogP contribution in [-0.2, 0) is 6.18 Å². The van der Waals surface area contributed by atoms with Gasteiger partial charge in [0.2, 0.25) is 0 Å². The van der Waals surface area contributed by atoms with Crippen LogP contribution in [0.25, 0.3) is 60.9 Å². The summed E-state index contributed by atoms with van der Waals surface area (Å²) in [5.41, 5.74) is 7.96. The first-order chi connectivity index (χ1) is 25.7. The predicted octanol–water partition coefficient (Wildman–Crippen LogP) is 11.9. The molecule has 0 saturated heterocycles. The first-order valence-corrected chi connectivity index (χ1v) is 17.2. The van der Waals surface area contributed by atoms with Gasteiger partial charge in [-0.1, -0.05) is 109 Å². The van der Waals surface area contributed by atoms with Crippen LogP contribution < -0.4 is 4.90 Å². The van der Waals surface area contributed by atoms with Crippen molar-refractivity contribution in [1.82, 2.24) is 4.57 Å². The van der Waals surface area contributed by atoms with Crippen molar-refractivity contribution < 1.29 is 22.8 Å². The molecule has 0 spiro atoms. The van der Waals surface area contributed by atoms with Crippen molar-refractivity contribution >= 4 is 39.3 Å². The number of imide groups is 1. The third-order valence-electron chi connectivity index (χ3n) is 10.1. The van der Waals surface area contributed by atoms with Crippen molar-refractivity contribution in [2.75, 3.05) is 4.90 Å². The molecule has 7 heteroatoms. The maximum atomic E-state index is 14.8. The zero-order valence-corrected chi connectivity index (χ0v) is 28.4. The number of nitrogens with zero attached hydrogens (tertiary/aromatic N) is 2. The molecule has 0 saturated carbocycles. The van der Waals surface area contributed by atoms with Crippen LogP contribution in [0, 0.1) is 6.92 Å². The Morgan fingerprint density at radius 1 is 0.491 bits per heavy atom. The number of rotatable bonds is 5. The summed E-state index contributed by atoms with van der Waals surface area (Å²) < 4.78 is 42.8. The highest BCUT2D eigenvalue weighted by atomic mass is 19.4. The molecule has 2 amide bonds. The standard InChI is InChI=1S/C46H29F3N2O2/c1-28-26-32(46(47,48)49)23-24-33(28)34-17-10-20-40-42(34)35-16-8-9-19-38(35)50(40)41-21-11-18-36-43(41)45(53)51(44(36)52)39-25-22-31(29-12-4-2-5-13-29)27-37(39)30-14-6-3-7-15-30/h2-27H,1H3. The van der Waals surface area contributed by atoms with Gasteiger partial charge in [-0.15, -0.1) is 0 Å². The highest BCUT2D eigenvalue weighted by Gasteiger charge is 2.40. The Hall–Kier alpha value is -6.73. The molecule has 7 aromatic carbocycles. The Balaban J connectivity index is 1.23. The Kier molecular flexibility index (Phi) is 7.41. The Bertz CT molecular complexity index is 2770. The van der Waals surface area contributed by atoms with Gasteiger partial charge in [-0.3, -0.25) is 9.59 Å². The van der Waals surface area contributed by atoms with E-state index in [2.05, 4.69) is 0 Å². The second-order valence-corrected chi connectivity index (χ2v) is 13.2. The van der Waals surface area contributed by atoms with E-state index in [0.717, 1.165) is 55.7 Å². The number of hydrogen-bond donors (Lipinski definition) is 0. The summed E-state index contributed by atoms with van der Waals surface area (Å²) in [7, 11) is 0. The maximum Gasteiger partial charge on any atom is 0.416 e. The van der Waals surface area contributed by atoms with Gasteiger partial charge in [0, 0.05) is 16.3 Å². The highest BCUT2D eigenvalue weighted by Crippen LogP contribution is 2.44. The zero-order valence-electron chi connectivity index (χ0n) is 28.4. The number of amides is 2. The number of halogens is 3. The van der Waals surface area contributed by atoms with Crippen LogP contribution in [0.2, 0.25) is 0 Å². The molecular formula is C46H29F3N2O2. The molecule has 1 aliphatic rings. The average molecular weight is 699 g/mol. The molecule has 1 aliphatic heterocycles. The zero-order chi connectivity index (χ0) is 36.4. The number of para-hydroxylation sites is 1. The molecule has 0 atom stereocenters. The van der Waals surface area contributed by atoms with E-state index in [4.69, 9.17) is 0 Å². The fourth-order valence-corrected chi connectivity index (χ4v) is 7.71. The number of anilines is 1. The molecule has 4 nitrogen and oxygen atoms in total. The minimum atomic E-state index is -4.46. The van der Waals surface area contributed by atoms with E-state index in [1.54, 1.807) is 19.1 Å². The van der Waals surface area contributed by atoms with Crippen molar-refractivity contribution in [2.24, 2.45) is 0 Å². The van der Waals surface area contributed by atoms with Gasteiger partial charge in [0.1, 0.15) is 0 Å². The second kappa shape index (κ2) is 12.2. The van der Waals surface area contributed by atoms with Gasteiger partial charge in [0.25, 0.3) is 11.8 Å². The molecule has 8 aromatic rings. The van der Waals surface area contributed by atoms with Crippen molar-refractivity contribution in [3.8, 4) is 39.1 Å². The lowest BCUT2D eigenvalue weighted by Gasteiger charge is -2.20. The number of carbonyl (C=O) groups is 2. The van der Waals surface area contributed by atoms with Gasteiger partial charge in [-0.2, -0.15) is 13.2 Å². The van der Waals surface area contributed by atoms with Crippen LogP contribution in [0.1, 0.15) is 31.8 Å². The van der Waals surface area contributed by atoms with E-state index >= 15 is 0 Å². The lowest BCUT2D eigenvalue weighted by atomic mass is 9.94. The van der Waals surface area contributed by atoms with Crippen molar-refractivity contribution in [2.45, 2.75) is 13.1 Å². The SMILES string of the molecule is Cc1cc(C(F)(F)F)ccc1-c1cccc2c1c1ccccc1n2-c1cccc2c1C(=O)N(c1ccc(-c3ccccc3)cc1-c1ccccc1)C2=O. The summed E-state index contributed by atoms with van der Waals surface area (Å²) in [6.07, 6.45) is -4.46. The van der Waals surface area contributed by atoms with Gasteiger partial charge in [-0.05, 0) is 88.8 Å². The molecule has 9 rings (SSSR count). The largest absolute Gasteiger partial charge is 0.416 e. The van der Waals surface area contributed by atoms with Crippen LogP contribution >= 0.6 is 0 Å². The molecule has 256 valence electrons. The van der Waals surface area contributed by atoms with Crippen LogP contribution in [0.3, 0.4) is 0 Å². The number of hydrogen-bond acceptors (Lipinski definition) is 2. The lowest BCUT2D eigenvalue weighted by Crippen LogP contribution is -2.30. The summed E-state index contributed by atoms with van der Waals surface area (Å²) in [5, 5.41) is 1.70. The molecule has 0 aliphatic carbocycles. The molecule has 2 heterocycles. The predicted molar refractivity (Wildman–Crippen MR) is 204 cm³/mol. The molecule has 0 fully saturated rings. The third-order valence-corrected chi connectivity index (χ3v) is 10.1. The topological polar surface area (TPSA) is 42.3 Å². The number of aryl methyl sites for hydroxylation is 1.